The second-order valence-corrected chi connectivity index (χ2v) is 3.03. The summed E-state index contributed by atoms with van der Waals surface area (Å²) in [5, 5.41) is 8.39. The van der Waals surface area contributed by atoms with Gasteiger partial charge in [0.05, 0.1) is 6.07 Å². The Morgan fingerprint density at radius 3 is 2.78 bits per heavy atom. The summed E-state index contributed by atoms with van der Waals surface area (Å²) in [6, 6.07) is 2.24. The fourth-order valence-electron chi connectivity index (χ4n) is 1.64. The van der Waals surface area contributed by atoms with Crippen LogP contribution in [-0.4, -0.2) is 0 Å². The van der Waals surface area contributed by atoms with Crippen LogP contribution in [0.25, 0.3) is 0 Å². The van der Waals surface area contributed by atoms with Crippen LogP contribution in [0.15, 0.2) is 0 Å². The second kappa shape index (κ2) is 2.87. The minimum Gasteiger partial charge on any atom is -0.198 e. The predicted molar refractivity (Wildman–Crippen MR) is 36.7 cm³/mol. The summed E-state index contributed by atoms with van der Waals surface area (Å²) in [4.78, 5) is 0. The van der Waals surface area contributed by atoms with Gasteiger partial charge in [-0.3, -0.25) is 0 Å². The van der Waals surface area contributed by atoms with Gasteiger partial charge in [0.2, 0.25) is 0 Å². The number of hydrogen-bond acceptors (Lipinski definition) is 1. The highest BCUT2D eigenvalue weighted by molar-refractivity contribution is 4.82. The smallest absolute Gasteiger partial charge is 0.0624 e. The largest absolute Gasteiger partial charge is 0.198 e. The molecule has 1 fully saturated rings. The van der Waals surface area contributed by atoms with Crippen molar-refractivity contribution in [1.82, 2.24) is 0 Å². The maximum Gasteiger partial charge on any atom is 0.0624 e. The first-order valence-corrected chi connectivity index (χ1v) is 3.71. The van der Waals surface area contributed by atoms with E-state index in [0.29, 0.717) is 0 Å². The van der Waals surface area contributed by atoms with Crippen LogP contribution in [-0.2, 0) is 0 Å². The molecule has 1 nitrogen and oxygen atoms in total. The lowest BCUT2D eigenvalue weighted by molar-refractivity contribution is 0.427. The van der Waals surface area contributed by atoms with Crippen molar-refractivity contribution >= 4 is 0 Å². The van der Waals surface area contributed by atoms with E-state index in [1.807, 2.05) is 0 Å². The number of nitriles is 1. The van der Waals surface area contributed by atoms with E-state index in [9.17, 15) is 0 Å². The summed E-state index contributed by atoms with van der Waals surface area (Å²) >= 11 is 0. The van der Waals surface area contributed by atoms with Crippen molar-refractivity contribution in [2.75, 3.05) is 0 Å². The van der Waals surface area contributed by atoms with Crippen LogP contribution in [0.5, 0.6) is 0 Å². The first-order valence-electron chi connectivity index (χ1n) is 3.71. The standard InChI is InChI=1S/C8H13N/c1-7-3-2-4-8(7)5-6-9/h7-8H,2-5H2,1H3/t7-,8-/m0/s1. The summed E-state index contributed by atoms with van der Waals surface area (Å²) < 4.78 is 0. The predicted octanol–water partition coefficient (Wildman–Crippen LogP) is 2.34. The lowest BCUT2D eigenvalue weighted by Gasteiger charge is -2.08. The zero-order valence-corrected chi connectivity index (χ0v) is 5.93. The van der Waals surface area contributed by atoms with E-state index in [-0.39, 0.29) is 0 Å². The van der Waals surface area contributed by atoms with Crippen LogP contribution in [0, 0.1) is 23.2 Å². The zero-order valence-electron chi connectivity index (χ0n) is 5.93. The molecular formula is C8H13N. The highest BCUT2D eigenvalue weighted by Crippen LogP contribution is 2.32. The third-order valence-electron chi connectivity index (χ3n) is 2.39. The SMILES string of the molecule is C[C@H]1CCC[C@H]1CC#N. The topological polar surface area (TPSA) is 23.8 Å². The van der Waals surface area contributed by atoms with E-state index in [0.717, 1.165) is 18.3 Å². The summed E-state index contributed by atoms with van der Waals surface area (Å²) in [6.45, 7) is 2.26. The summed E-state index contributed by atoms with van der Waals surface area (Å²) in [5.74, 6) is 1.53. The van der Waals surface area contributed by atoms with Crippen molar-refractivity contribution in [3.63, 3.8) is 0 Å². The van der Waals surface area contributed by atoms with Gasteiger partial charge in [0.25, 0.3) is 0 Å². The van der Waals surface area contributed by atoms with Crippen molar-refractivity contribution < 1.29 is 0 Å². The molecule has 0 aromatic rings. The number of rotatable bonds is 1. The van der Waals surface area contributed by atoms with Crippen LogP contribution in [0.3, 0.4) is 0 Å². The van der Waals surface area contributed by atoms with Crippen LogP contribution < -0.4 is 0 Å². The van der Waals surface area contributed by atoms with Gasteiger partial charge in [0.15, 0.2) is 0 Å². The molecule has 0 aromatic heterocycles. The van der Waals surface area contributed by atoms with Crippen LogP contribution in [0.1, 0.15) is 32.6 Å². The van der Waals surface area contributed by atoms with Gasteiger partial charge in [0, 0.05) is 6.42 Å². The van der Waals surface area contributed by atoms with E-state index in [4.69, 9.17) is 5.26 Å². The Balaban J connectivity index is 2.33. The van der Waals surface area contributed by atoms with Gasteiger partial charge in [-0.2, -0.15) is 5.26 Å². The molecule has 1 rings (SSSR count). The maximum atomic E-state index is 8.39. The lowest BCUT2D eigenvalue weighted by Crippen LogP contribution is -2.01. The molecule has 0 saturated heterocycles. The summed E-state index contributed by atoms with van der Waals surface area (Å²) in [7, 11) is 0. The Morgan fingerprint density at radius 1 is 1.56 bits per heavy atom. The maximum absolute atomic E-state index is 8.39. The molecule has 2 atom stereocenters. The lowest BCUT2D eigenvalue weighted by atomic mass is 9.96. The van der Waals surface area contributed by atoms with Crippen LogP contribution in [0.2, 0.25) is 0 Å². The molecule has 0 heterocycles. The highest BCUT2D eigenvalue weighted by atomic mass is 14.3. The quantitative estimate of drug-likeness (QED) is 0.525. The van der Waals surface area contributed by atoms with E-state index >= 15 is 0 Å². The average Bonchev–Trinajstić information content (AvgIpc) is 2.18. The van der Waals surface area contributed by atoms with E-state index in [1.165, 1.54) is 19.3 Å². The van der Waals surface area contributed by atoms with Crippen molar-refractivity contribution in [3.05, 3.63) is 0 Å². The van der Waals surface area contributed by atoms with Gasteiger partial charge >= 0.3 is 0 Å². The molecule has 50 valence electrons. The van der Waals surface area contributed by atoms with Gasteiger partial charge < -0.3 is 0 Å². The molecule has 9 heavy (non-hydrogen) atoms. The minimum atomic E-state index is 0.718. The molecule has 0 amide bonds. The van der Waals surface area contributed by atoms with Crippen molar-refractivity contribution in [3.8, 4) is 6.07 Å². The van der Waals surface area contributed by atoms with Crippen molar-refractivity contribution in [2.24, 2.45) is 11.8 Å². The molecule has 1 aliphatic carbocycles. The molecule has 0 bridgehead atoms. The minimum absolute atomic E-state index is 0.718. The number of nitrogens with zero attached hydrogens (tertiary/aromatic N) is 1. The fourth-order valence-corrected chi connectivity index (χ4v) is 1.64. The molecule has 0 radical (unpaired) electrons. The van der Waals surface area contributed by atoms with Crippen LogP contribution >= 0.6 is 0 Å². The molecule has 0 aromatic carbocycles. The van der Waals surface area contributed by atoms with Gasteiger partial charge in [-0.15, -0.1) is 0 Å². The Hall–Kier alpha value is -0.510. The third-order valence-corrected chi connectivity index (χ3v) is 2.39. The Morgan fingerprint density at radius 2 is 2.33 bits per heavy atom. The molecule has 1 saturated carbocycles. The zero-order chi connectivity index (χ0) is 6.69. The van der Waals surface area contributed by atoms with E-state index in [1.54, 1.807) is 0 Å². The molecule has 0 unspecified atom stereocenters. The van der Waals surface area contributed by atoms with Gasteiger partial charge in [-0.05, 0) is 18.3 Å². The van der Waals surface area contributed by atoms with Gasteiger partial charge in [-0.1, -0.05) is 19.8 Å². The summed E-state index contributed by atoms with van der Waals surface area (Å²) in [5.41, 5.74) is 0. The molecule has 0 N–H and O–H groups in total. The number of hydrogen-bond donors (Lipinski definition) is 0. The fraction of sp³-hybridized carbons (Fsp3) is 0.875. The highest BCUT2D eigenvalue weighted by Gasteiger charge is 2.22. The Bertz CT molecular complexity index is 123. The normalized spacial score (nSPS) is 34.2. The van der Waals surface area contributed by atoms with Gasteiger partial charge in [0.1, 0.15) is 0 Å². The molecule has 0 spiro atoms. The monoisotopic (exact) mass is 123 g/mol. The van der Waals surface area contributed by atoms with Crippen molar-refractivity contribution in [2.45, 2.75) is 32.6 Å². The molecular weight excluding hydrogens is 110 g/mol. The summed E-state index contributed by atoms with van der Waals surface area (Å²) in [6.07, 6.45) is 4.75. The first kappa shape index (κ1) is 6.61. The molecule has 1 aliphatic rings. The Kier molecular flexibility index (Phi) is 2.10. The molecule has 1 heteroatoms. The second-order valence-electron chi connectivity index (χ2n) is 3.03. The van der Waals surface area contributed by atoms with Crippen molar-refractivity contribution in [1.29, 1.82) is 5.26 Å². The molecule has 0 aliphatic heterocycles. The van der Waals surface area contributed by atoms with E-state index < -0.39 is 0 Å². The van der Waals surface area contributed by atoms with Crippen LogP contribution in [0.4, 0.5) is 0 Å². The third kappa shape index (κ3) is 1.45. The van der Waals surface area contributed by atoms with Gasteiger partial charge in [-0.25, -0.2) is 0 Å². The Labute approximate surface area is 56.7 Å². The van der Waals surface area contributed by atoms with E-state index in [2.05, 4.69) is 13.0 Å². The average molecular weight is 123 g/mol. The first-order chi connectivity index (χ1) is 4.34.